The first-order valence-electron chi connectivity index (χ1n) is 2.74. The predicted molar refractivity (Wildman–Crippen MR) is 36.8 cm³/mol. The standard InChI is InChI=1S/C6H10OS/c1-5-3-7-4-6(2)8-5/h3,6H,4H2,1-2H3. The molecule has 0 amide bonds. The number of ether oxygens (including phenoxy) is 1. The van der Waals surface area contributed by atoms with Gasteiger partial charge in [-0.1, -0.05) is 0 Å². The monoisotopic (exact) mass is 130 g/mol. The number of rotatable bonds is 0. The minimum atomic E-state index is 0.639. The molecular formula is C6H10OS. The predicted octanol–water partition coefficient (Wildman–Crippen LogP) is 2.00. The van der Waals surface area contributed by atoms with Gasteiger partial charge in [-0.3, -0.25) is 0 Å². The zero-order chi connectivity index (χ0) is 5.98. The van der Waals surface area contributed by atoms with Gasteiger partial charge in [0.2, 0.25) is 0 Å². The van der Waals surface area contributed by atoms with E-state index >= 15 is 0 Å². The summed E-state index contributed by atoms with van der Waals surface area (Å²) >= 11 is 1.88. The van der Waals surface area contributed by atoms with Crippen LogP contribution in [0.1, 0.15) is 13.8 Å². The maximum atomic E-state index is 5.11. The third-order valence-electron chi connectivity index (χ3n) is 0.967. The summed E-state index contributed by atoms with van der Waals surface area (Å²) in [5.74, 6) is 0. The second kappa shape index (κ2) is 2.44. The first kappa shape index (κ1) is 6.02. The van der Waals surface area contributed by atoms with Crippen LogP contribution in [-0.4, -0.2) is 11.9 Å². The Bertz CT molecular complexity index is 109. The van der Waals surface area contributed by atoms with Crippen molar-refractivity contribution >= 4 is 11.8 Å². The summed E-state index contributed by atoms with van der Waals surface area (Å²) in [6.07, 6.45) is 1.82. The number of hydrogen-bond acceptors (Lipinski definition) is 2. The fraction of sp³-hybridized carbons (Fsp3) is 0.667. The maximum Gasteiger partial charge on any atom is 0.0993 e. The van der Waals surface area contributed by atoms with E-state index in [2.05, 4.69) is 13.8 Å². The van der Waals surface area contributed by atoms with Gasteiger partial charge in [0.25, 0.3) is 0 Å². The van der Waals surface area contributed by atoms with Gasteiger partial charge in [-0.2, -0.15) is 0 Å². The molecule has 0 bridgehead atoms. The number of allylic oxidation sites excluding steroid dienone is 1. The number of hydrogen-bond donors (Lipinski definition) is 0. The summed E-state index contributed by atoms with van der Waals surface area (Å²) < 4.78 is 5.11. The summed E-state index contributed by atoms with van der Waals surface area (Å²) in [5.41, 5.74) is 0. The third kappa shape index (κ3) is 1.44. The van der Waals surface area contributed by atoms with Crippen LogP contribution in [0.5, 0.6) is 0 Å². The smallest absolute Gasteiger partial charge is 0.0993 e. The summed E-state index contributed by atoms with van der Waals surface area (Å²) in [4.78, 5) is 1.28. The quantitative estimate of drug-likeness (QED) is 0.496. The first-order chi connectivity index (χ1) is 3.79. The maximum absolute atomic E-state index is 5.11. The number of thioether (sulfide) groups is 1. The van der Waals surface area contributed by atoms with Crippen LogP contribution in [0.25, 0.3) is 0 Å². The molecule has 0 spiro atoms. The van der Waals surface area contributed by atoms with E-state index in [0.29, 0.717) is 5.25 Å². The molecule has 1 atom stereocenters. The average molecular weight is 130 g/mol. The lowest BCUT2D eigenvalue weighted by Crippen LogP contribution is -2.08. The molecule has 8 heavy (non-hydrogen) atoms. The Labute approximate surface area is 54.1 Å². The molecule has 0 aromatic heterocycles. The highest BCUT2D eigenvalue weighted by Gasteiger charge is 2.07. The summed E-state index contributed by atoms with van der Waals surface area (Å²) in [6.45, 7) is 5.10. The molecule has 0 saturated carbocycles. The van der Waals surface area contributed by atoms with Crippen LogP contribution in [0.2, 0.25) is 0 Å². The Morgan fingerprint density at radius 3 is 3.00 bits per heavy atom. The van der Waals surface area contributed by atoms with Gasteiger partial charge in [0.05, 0.1) is 12.9 Å². The second-order valence-electron chi connectivity index (χ2n) is 1.99. The Balaban J connectivity index is 2.45. The zero-order valence-corrected chi connectivity index (χ0v) is 5.99. The molecule has 1 rings (SSSR count). The van der Waals surface area contributed by atoms with Crippen molar-refractivity contribution in [2.24, 2.45) is 0 Å². The van der Waals surface area contributed by atoms with Crippen molar-refractivity contribution in [3.63, 3.8) is 0 Å². The highest BCUT2D eigenvalue weighted by atomic mass is 32.2. The van der Waals surface area contributed by atoms with Crippen molar-refractivity contribution < 1.29 is 4.74 Å². The Morgan fingerprint density at radius 1 is 1.88 bits per heavy atom. The largest absolute Gasteiger partial charge is 0.499 e. The van der Waals surface area contributed by atoms with Crippen LogP contribution in [0, 0.1) is 0 Å². The van der Waals surface area contributed by atoms with Crippen LogP contribution in [0.4, 0.5) is 0 Å². The Morgan fingerprint density at radius 2 is 2.62 bits per heavy atom. The molecule has 1 aliphatic rings. The normalized spacial score (nSPS) is 28.8. The summed E-state index contributed by atoms with van der Waals surface area (Å²) in [7, 11) is 0. The van der Waals surface area contributed by atoms with Gasteiger partial charge in [-0.05, 0) is 13.8 Å². The molecule has 1 nitrogen and oxygen atoms in total. The fourth-order valence-electron chi connectivity index (χ4n) is 0.680. The van der Waals surface area contributed by atoms with E-state index in [-0.39, 0.29) is 0 Å². The molecule has 0 aliphatic carbocycles. The topological polar surface area (TPSA) is 9.23 Å². The SMILES string of the molecule is CC1=COCC(C)S1. The minimum absolute atomic E-state index is 0.639. The molecule has 0 radical (unpaired) electrons. The van der Waals surface area contributed by atoms with Gasteiger partial charge in [-0.15, -0.1) is 11.8 Å². The van der Waals surface area contributed by atoms with E-state index in [9.17, 15) is 0 Å². The molecule has 1 aliphatic heterocycles. The molecule has 1 unspecified atom stereocenters. The first-order valence-corrected chi connectivity index (χ1v) is 3.62. The van der Waals surface area contributed by atoms with Crippen molar-refractivity contribution in [1.82, 2.24) is 0 Å². The molecule has 0 aromatic carbocycles. The van der Waals surface area contributed by atoms with Crippen LogP contribution in [-0.2, 0) is 4.74 Å². The van der Waals surface area contributed by atoms with Crippen molar-refractivity contribution in [2.45, 2.75) is 19.1 Å². The summed E-state index contributed by atoms with van der Waals surface area (Å²) in [6, 6.07) is 0. The minimum Gasteiger partial charge on any atom is -0.499 e. The van der Waals surface area contributed by atoms with Gasteiger partial charge < -0.3 is 4.74 Å². The molecule has 0 saturated heterocycles. The van der Waals surface area contributed by atoms with E-state index in [1.807, 2.05) is 18.0 Å². The molecule has 2 heteroatoms. The lowest BCUT2D eigenvalue weighted by Gasteiger charge is -2.15. The van der Waals surface area contributed by atoms with E-state index in [0.717, 1.165) is 6.61 Å². The third-order valence-corrected chi connectivity index (χ3v) is 1.97. The highest BCUT2D eigenvalue weighted by molar-refractivity contribution is 8.03. The van der Waals surface area contributed by atoms with E-state index < -0.39 is 0 Å². The van der Waals surface area contributed by atoms with E-state index in [4.69, 9.17) is 4.74 Å². The van der Waals surface area contributed by atoms with Gasteiger partial charge in [-0.25, -0.2) is 0 Å². The van der Waals surface area contributed by atoms with Crippen LogP contribution in [0.3, 0.4) is 0 Å². The van der Waals surface area contributed by atoms with E-state index in [1.54, 1.807) is 0 Å². The molecular weight excluding hydrogens is 120 g/mol. The summed E-state index contributed by atoms with van der Waals surface area (Å²) in [5, 5.41) is 0.639. The lowest BCUT2D eigenvalue weighted by atomic mass is 10.5. The average Bonchev–Trinajstić information content (AvgIpc) is 1.64. The van der Waals surface area contributed by atoms with Gasteiger partial charge >= 0.3 is 0 Å². The second-order valence-corrected chi connectivity index (χ2v) is 3.67. The molecule has 1 heterocycles. The van der Waals surface area contributed by atoms with Crippen LogP contribution >= 0.6 is 11.8 Å². The molecule has 46 valence electrons. The zero-order valence-electron chi connectivity index (χ0n) is 5.18. The van der Waals surface area contributed by atoms with E-state index in [1.165, 1.54) is 4.91 Å². The van der Waals surface area contributed by atoms with Gasteiger partial charge in [0.1, 0.15) is 0 Å². The lowest BCUT2D eigenvalue weighted by molar-refractivity contribution is 0.249. The van der Waals surface area contributed by atoms with Crippen molar-refractivity contribution in [1.29, 1.82) is 0 Å². The highest BCUT2D eigenvalue weighted by Crippen LogP contribution is 2.24. The van der Waals surface area contributed by atoms with Gasteiger partial charge in [0.15, 0.2) is 0 Å². The van der Waals surface area contributed by atoms with Crippen molar-refractivity contribution in [2.75, 3.05) is 6.61 Å². The molecule has 0 N–H and O–H groups in total. The van der Waals surface area contributed by atoms with Crippen LogP contribution in [0.15, 0.2) is 11.2 Å². The van der Waals surface area contributed by atoms with Crippen LogP contribution < -0.4 is 0 Å². The Kier molecular flexibility index (Phi) is 1.84. The molecule has 0 aromatic rings. The van der Waals surface area contributed by atoms with Crippen molar-refractivity contribution in [3.05, 3.63) is 11.2 Å². The fourth-order valence-corrected chi connectivity index (χ4v) is 1.58. The van der Waals surface area contributed by atoms with Gasteiger partial charge in [0, 0.05) is 10.2 Å². The van der Waals surface area contributed by atoms with Crippen molar-refractivity contribution in [3.8, 4) is 0 Å². The molecule has 0 fully saturated rings. The Hall–Kier alpha value is -0.110.